The molecule has 1 unspecified atom stereocenters. The number of Topliss-reactive ketones (excluding diaryl/α,β-unsaturated/α-hetero) is 1. The standard InChI is InChI=1S/C18H17N5O5S/c24-15(9-23-17(20-21-22-23)13-6-7-29-11-13)14(8-16(25)26)19-18(27)28-10-12-4-2-1-3-5-12/h1-7,11,14H,8-10H2,(H,19,27)(H,25,26). The molecule has 0 aliphatic carbocycles. The van der Waals surface area contributed by atoms with Crippen LogP contribution in [-0.2, 0) is 27.5 Å². The molecule has 2 aromatic heterocycles. The zero-order valence-corrected chi connectivity index (χ0v) is 15.9. The summed E-state index contributed by atoms with van der Waals surface area (Å²) in [6.45, 7) is -0.301. The van der Waals surface area contributed by atoms with Crippen LogP contribution in [0.1, 0.15) is 12.0 Å². The largest absolute Gasteiger partial charge is 0.481 e. The summed E-state index contributed by atoms with van der Waals surface area (Å²) < 4.78 is 6.33. The molecule has 10 nitrogen and oxygen atoms in total. The summed E-state index contributed by atoms with van der Waals surface area (Å²) in [5.74, 6) is -1.42. The number of ether oxygens (including phenoxy) is 1. The molecule has 3 rings (SSSR count). The molecule has 0 bridgehead atoms. The SMILES string of the molecule is O=C(O)CC(NC(=O)OCc1ccccc1)C(=O)Cn1nnnc1-c1ccsc1. The first-order chi connectivity index (χ1) is 14.0. The van der Waals surface area contributed by atoms with Crippen molar-refractivity contribution in [3.8, 4) is 11.4 Å². The van der Waals surface area contributed by atoms with E-state index in [1.165, 1.54) is 16.0 Å². The van der Waals surface area contributed by atoms with Crippen molar-refractivity contribution >= 4 is 29.2 Å². The molecule has 0 spiro atoms. The maximum atomic E-state index is 12.6. The Hall–Kier alpha value is -3.60. The van der Waals surface area contributed by atoms with E-state index >= 15 is 0 Å². The van der Waals surface area contributed by atoms with Gasteiger partial charge in [0.25, 0.3) is 0 Å². The third-order valence-corrected chi connectivity index (χ3v) is 4.57. The van der Waals surface area contributed by atoms with Crippen molar-refractivity contribution in [1.82, 2.24) is 25.5 Å². The summed E-state index contributed by atoms with van der Waals surface area (Å²) in [6, 6.07) is 9.48. The fraction of sp³-hybridized carbons (Fsp3) is 0.222. The van der Waals surface area contributed by atoms with Gasteiger partial charge in [0, 0.05) is 10.9 Å². The lowest BCUT2D eigenvalue weighted by Gasteiger charge is -2.16. The fourth-order valence-electron chi connectivity index (χ4n) is 2.49. The first-order valence-corrected chi connectivity index (χ1v) is 9.47. The average molecular weight is 415 g/mol. The van der Waals surface area contributed by atoms with Crippen molar-refractivity contribution in [1.29, 1.82) is 0 Å². The van der Waals surface area contributed by atoms with E-state index in [0.717, 1.165) is 11.1 Å². The molecule has 0 saturated carbocycles. The highest BCUT2D eigenvalue weighted by molar-refractivity contribution is 7.08. The van der Waals surface area contributed by atoms with Gasteiger partial charge in [-0.3, -0.25) is 9.59 Å². The van der Waals surface area contributed by atoms with Crippen LogP contribution in [0.5, 0.6) is 0 Å². The first-order valence-electron chi connectivity index (χ1n) is 8.53. The van der Waals surface area contributed by atoms with E-state index in [2.05, 4.69) is 20.8 Å². The van der Waals surface area contributed by atoms with E-state index in [9.17, 15) is 14.4 Å². The normalized spacial score (nSPS) is 11.6. The second-order valence-electron chi connectivity index (χ2n) is 5.99. The molecule has 11 heteroatoms. The number of tetrazole rings is 1. The van der Waals surface area contributed by atoms with Gasteiger partial charge in [0.05, 0.1) is 6.42 Å². The van der Waals surface area contributed by atoms with Crippen LogP contribution in [0.15, 0.2) is 47.2 Å². The van der Waals surface area contributed by atoms with E-state index in [0.29, 0.717) is 5.82 Å². The minimum Gasteiger partial charge on any atom is -0.481 e. The number of aromatic nitrogens is 4. The van der Waals surface area contributed by atoms with Crippen molar-refractivity contribution in [2.45, 2.75) is 25.6 Å². The number of ketones is 1. The van der Waals surface area contributed by atoms with Gasteiger partial charge in [-0.25, -0.2) is 9.48 Å². The van der Waals surface area contributed by atoms with E-state index in [1.54, 1.807) is 30.3 Å². The zero-order valence-electron chi connectivity index (χ0n) is 15.1. The van der Waals surface area contributed by atoms with Gasteiger partial charge < -0.3 is 15.2 Å². The topological polar surface area (TPSA) is 136 Å². The number of rotatable bonds is 9. The number of nitrogens with one attached hydrogen (secondary N) is 1. The van der Waals surface area contributed by atoms with E-state index in [-0.39, 0.29) is 13.2 Å². The molecular formula is C18H17N5O5S. The summed E-state index contributed by atoms with van der Waals surface area (Å²) in [7, 11) is 0. The van der Waals surface area contributed by atoms with Gasteiger partial charge in [0.1, 0.15) is 19.2 Å². The number of carboxylic acids is 1. The molecule has 0 fully saturated rings. The van der Waals surface area contributed by atoms with Crippen molar-refractivity contribution < 1.29 is 24.2 Å². The molecule has 3 aromatic rings. The van der Waals surface area contributed by atoms with Gasteiger partial charge in [0.2, 0.25) is 0 Å². The van der Waals surface area contributed by atoms with Gasteiger partial charge in [-0.05, 0) is 27.4 Å². The number of benzene rings is 1. The van der Waals surface area contributed by atoms with Crippen molar-refractivity contribution in [3.05, 3.63) is 52.7 Å². The predicted octanol–water partition coefficient (Wildman–Crippen LogP) is 1.74. The number of hydrogen-bond acceptors (Lipinski definition) is 8. The molecule has 0 saturated heterocycles. The Morgan fingerprint density at radius 3 is 2.69 bits per heavy atom. The molecule has 0 radical (unpaired) electrons. The zero-order chi connectivity index (χ0) is 20.6. The minimum absolute atomic E-state index is 0.00401. The van der Waals surface area contributed by atoms with Crippen molar-refractivity contribution in [2.75, 3.05) is 0 Å². The summed E-state index contributed by atoms with van der Waals surface area (Å²) in [4.78, 5) is 35.8. The van der Waals surface area contributed by atoms with Gasteiger partial charge >= 0.3 is 12.1 Å². The number of thiophene rings is 1. The lowest BCUT2D eigenvalue weighted by Crippen LogP contribution is -2.44. The molecular weight excluding hydrogens is 398 g/mol. The third kappa shape index (κ3) is 5.69. The van der Waals surface area contributed by atoms with Crippen LogP contribution in [0.3, 0.4) is 0 Å². The number of carbonyl (C=O) groups excluding carboxylic acids is 2. The highest BCUT2D eigenvalue weighted by Crippen LogP contribution is 2.18. The Labute approximate surface area is 169 Å². The Morgan fingerprint density at radius 1 is 1.21 bits per heavy atom. The Morgan fingerprint density at radius 2 is 2.00 bits per heavy atom. The number of aliphatic carboxylic acids is 1. The van der Waals surface area contributed by atoms with Crippen molar-refractivity contribution in [2.24, 2.45) is 0 Å². The monoisotopic (exact) mass is 415 g/mol. The first kappa shape index (κ1) is 20.1. The summed E-state index contributed by atoms with van der Waals surface area (Å²) >= 11 is 1.45. The summed E-state index contributed by atoms with van der Waals surface area (Å²) in [5.41, 5.74) is 1.50. The van der Waals surface area contributed by atoms with Gasteiger partial charge in [-0.1, -0.05) is 30.3 Å². The van der Waals surface area contributed by atoms with Crippen LogP contribution >= 0.6 is 11.3 Å². The van der Waals surface area contributed by atoms with Crippen LogP contribution in [0.25, 0.3) is 11.4 Å². The quantitative estimate of drug-likeness (QED) is 0.539. The number of amides is 1. The Balaban J connectivity index is 1.63. The lowest BCUT2D eigenvalue weighted by molar-refractivity contribution is -0.139. The third-order valence-electron chi connectivity index (χ3n) is 3.89. The van der Waals surface area contributed by atoms with Crippen molar-refractivity contribution in [3.63, 3.8) is 0 Å². The molecule has 29 heavy (non-hydrogen) atoms. The number of hydrogen-bond donors (Lipinski definition) is 2. The number of carboxylic acid groups (broad SMARTS) is 1. The minimum atomic E-state index is -1.28. The Kier molecular flexibility index (Phi) is 6.63. The highest BCUT2D eigenvalue weighted by atomic mass is 32.1. The van der Waals surface area contributed by atoms with Crippen LogP contribution < -0.4 is 5.32 Å². The molecule has 1 atom stereocenters. The van der Waals surface area contributed by atoms with Gasteiger partial charge in [-0.2, -0.15) is 11.3 Å². The van der Waals surface area contributed by atoms with Gasteiger partial charge in [0.15, 0.2) is 11.6 Å². The molecule has 2 heterocycles. The Bertz CT molecular complexity index is 974. The number of carbonyl (C=O) groups is 3. The molecule has 150 valence electrons. The average Bonchev–Trinajstić information content (AvgIpc) is 3.38. The lowest BCUT2D eigenvalue weighted by atomic mass is 10.1. The second kappa shape index (κ2) is 9.55. The molecule has 1 amide bonds. The number of alkyl carbamates (subject to hydrolysis) is 1. The molecule has 0 aliphatic heterocycles. The predicted molar refractivity (Wildman–Crippen MR) is 102 cm³/mol. The van der Waals surface area contributed by atoms with E-state index in [4.69, 9.17) is 9.84 Å². The molecule has 0 aliphatic rings. The highest BCUT2D eigenvalue weighted by Gasteiger charge is 2.26. The smallest absolute Gasteiger partial charge is 0.408 e. The molecule has 1 aromatic carbocycles. The summed E-state index contributed by atoms with van der Waals surface area (Å²) in [5, 5.41) is 26.3. The molecule has 2 N–H and O–H groups in total. The maximum absolute atomic E-state index is 12.6. The van der Waals surface area contributed by atoms with Crippen LogP contribution in [-0.4, -0.2) is 49.2 Å². The fourth-order valence-corrected chi connectivity index (χ4v) is 3.13. The van der Waals surface area contributed by atoms with E-state index in [1.807, 2.05) is 16.8 Å². The van der Waals surface area contributed by atoms with Crippen LogP contribution in [0.4, 0.5) is 4.79 Å². The second-order valence-corrected chi connectivity index (χ2v) is 6.78. The van der Waals surface area contributed by atoms with Crippen LogP contribution in [0, 0.1) is 0 Å². The number of nitrogens with zero attached hydrogens (tertiary/aromatic N) is 4. The van der Waals surface area contributed by atoms with Crippen LogP contribution in [0.2, 0.25) is 0 Å². The summed E-state index contributed by atoms with van der Waals surface area (Å²) in [6.07, 6.45) is -1.47. The van der Waals surface area contributed by atoms with Gasteiger partial charge in [-0.15, -0.1) is 5.10 Å². The van der Waals surface area contributed by atoms with E-state index < -0.39 is 30.3 Å². The maximum Gasteiger partial charge on any atom is 0.408 e.